The number of benzene rings is 1. The summed E-state index contributed by atoms with van der Waals surface area (Å²) in [6, 6.07) is 5.83. The minimum Gasteiger partial charge on any atom is -0.383 e. The highest BCUT2D eigenvalue weighted by Gasteiger charge is 2.03. The number of aliphatic imine (C=N–C) groups is 1. The van der Waals surface area contributed by atoms with E-state index in [0.29, 0.717) is 19.0 Å². The molecule has 0 aromatic heterocycles. The Balaban J connectivity index is 2.90. The number of methoxy groups -OCH3 is 1. The van der Waals surface area contributed by atoms with Crippen molar-refractivity contribution in [3.8, 4) is 0 Å². The lowest BCUT2D eigenvalue weighted by Crippen LogP contribution is -2.31. The van der Waals surface area contributed by atoms with E-state index in [2.05, 4.69) is 42.3 Å². The van der Waals surface area contributed by atoms with Crippen LogP contribution >= 0.6 is 31.9 Å². The van der Waals surface area contributed by atoms with Crippen molar-refractivity contribution in [1.82, 2.24) is 5.43 Å². The van der Waals surface area contributed by atoms with Gasteiger partial charge in [0.1, 0.15) is 5.84 Å². The Kier molecular flexibility index (Phi) is 5.97. The van der Waals surface area contributed by atoms with Crippen LogP contribution in [0.25, 0.3) is 0 Å². The van der Waals surface area contributed by atoms with Gasteiger partial charge in [0.05, 0.1) is 13.2 Å². The van der Waals surface area contributed by atoms with Gasteiger partial charge in [-0.2, -0.15) is 0 Å². The highest BCUT2D eigenvalue weighted by Crippen LogP contribution is 2.20. The van der Waals surface area contributed by atoms with Crippen LogP contribution < -0.4 is 11.3 Å². The van der Waals surface area contributed by atoms with Crippen LogP contribution in [0.5, 0.6) is 0 Å². The molecule has 0 unspecified atom stereocenters. The molecule has 0 saturated carbocycles. The number of ether oxygens (including phenoxy) is 1. The second kappa shape index (κ2) is 7.01. The van der Waals surface area contributed by atoms with E-state index < -0.39 is 0 Å². The monoisotopic (exact) mass is 349 g/mol. The lowest BCUT2D eigenvalue weighted by atomic mass is 10.2. The number of nitrogens with two attached hydrogens (primary N) is 1. The molecule has 0 fully saturated rings. The summed E-state index contributed by atoms with van der Waals surface area (Å²) >= 11 is 6.83. The lowest BCUT2D eigenvalue weighted by Gasteiger charge is -2.07. The predicted octanol–water partition coefficient (Wildman–Crippen LogP) is 2.07. The zero-order valence-electron chi connectivity index (χ0n) is 8.84. The first-order valence-electron chi connectivity index (χ1n) is 4.64. The molecule has 16 heavy (non-hydrogen) atoms. The Morgan fingerprint density at radius 1 is 1.38 bits per heavy atom. The third kappa shape index (κ3) is 4.21. The van der Waals surface area contributed by atoms with Gasteiger partial charge in [-0.15, -0.1) is 0 Å². The fraction of sp³-hybridized carbons (Fsp3) is 0.300. The van der Waals surface area contributed by atoms with Crippen molar-refractivity contribution in [3.05, 3.63) is 32.7 Å². The normalized spacial score (nSPS) is 11.6. The molecular weight excluding hydrogens is 338 g/mol. The van der Waals surface area contributed by atoms with E-state index in [-0.39, 0.29) is 0 Å². The lowest BCUT2D eigenvalue weighted by molar-refractivity contribution is 0.208. The summed E-state index contributed by atoms with van der Waals surface area (Å²) in [5, 5.41) is 0. The number of rotatable bonds is 4. The molecule has 1 aromatic rings. The van der Waals surface area contributed by atoms with Crippen LogP contribution in [0.1, 0.15) is 5.56 Å². The Morgan fingerprint density at radius 3 is 2.50 bits per heavy atom. The standard InChI is InChI=1S/C10H13Br2N3O/c1-16-3-2-14-10(15-13)7-4-8(11)6-9(12)5-7/h4-6H,2-3,13H2,1H3,(H,14,15). The molecular formula is C10H13Br2N3O. The van der Waals surface area contributed by atoms with Gasteiger partial charge in [-0.25, -0.2) is 5.84 Å². The molecule has 0 saturated heterocycles. The Hall–Kier alpha value is -0.430. The fourth-order valence-corrected chi connectivity index (χ4v) is 2.45. The summed E-state index contributed by atoms with van der Waals surface area (Å²) in [5.74, 6) is 6.07. The van der Waals surface area contributed by atoms with Gasteiger partial charge in [0, 0.05) is 21.6 Å². The van der Waals surface area contributed by atoms with E-state index in [1.54, 1.807) is 7.11 Å². The summed E-state index contributed by atoms with van der Waals surface area (Å²) in [7, 11) is 1.64. The summed E-state index contributed by atoms with van der Waals surface area (Å²) < 4.78 is 6.85. The first-order chi connectivity index (χ1) is 7.67. The smallest absolute Gasteiger partial charge is 0.142 e. The van der Waals surface area contributed by atoms with Crippen molar-refractivity contribution in [2.75, 3.05) is 20.3 Å². The van der Waals surface area contributed by atoms with Gasteiger partial charge in [-0.3, -0.25) is 4.99 Å². The zero-order valence-corrected chi connectivity index (χ0v) is 12.0. The molecule has 4 nitrogen and oxygen atoms in total. The first kappa shape index (κ1) is 13.6. The molecule has 0 heterocycles. The minimum atomic E-state index is 0.570. The van der Waals surface area contributed by atoms with E-state index >= 15 is 0 Å². The van der Waals surface area contributed by atoms with Crippen molar-refractivity contribution >= 4 is 37.7 Å². The Morgan fingerprint density at radius 2 is 2.00 bits per heavy atom. The SMILES string of the molecule is COCCN=C(NN)c1cc(Br)cc(Br)c1. The van der Waals surface area contributed by atoms with Crippen molar-refractivity contribution in [1.29, 1.82) is 0 Å². The number of nitrogens with one attached hydrogen (secondary N) is 1. The maximum atomic E-state index is 5.43. The molecule has 0 amide bonds. The molecule has 1 rings (SSSR count). The highest BCUT2D eigenvalue weighted by molar-refractivity contribution is 9.11. The van der Waals surface area contributed by atoms with Crippen molar-refractivity contribution < 1.29 is 4.74 Å². The number of hydrogen-bond donors (Lipinski definition) is 2. The second-order valence-electron chi connectivity index (χ2n) is 3.03. The zero-order chi connectivity index (χ0) is 12.0. The average molecular weight is 351 g/mol. The highest BCUT2D eigenvalue weighted by atomic mass is 79.9. The van der Waals surface area contributed by atoms with Crippen molar-refractivity contribution in [2.45, 2.75) is 0 Å². The van der Waals surface area contributed by atoms with E-state index in [0.717, 1.165) is 14.5 Å². The molecule has 3 N–H and O–H groups in total. The maximum absolute atomic E-state index is 5.43. The van der Waals surface area contributed by atoms with Crippen molar-refractivity contribution in [3.63, 3.8) is 0 Å². The van der Waals surface area contributed by atoms with Crippen molar-refractivity contribution in [2.24, 2.45) is 10.8 Å². The first-order valence-corrected chi connectivity index (χ1v) is 6.22. The second-order valence-corrected chi connectivity index (χ2v) is 4.86. The number of nitrogens with zero attached hydrogens (tertiary/aromatic N) is 1. The van der Waals surface area contributed by atoms with Gasteiger partial charge in [0.15, 0.2) is 0 Å². The van der Waals surface area contributed by atoms with Crippen LogP contribution in [0.15, 0.2) is 32.1 Å². The van der Waals surface area contributed by atoms with Crippen LogP contribution in [0.4, 0.5) is 0 Å². The quantitative estimate of drug-likeness (QED) is 0.287. The van der Waals surface area contributed by atoms with Gasteiger partial charge in [0.25, 0.3) is 0 Å². The molecule has 6 heteroatoms. The van der Waals surface area contributed by atoms with Gasteiger partial charge in [0.2, 0.25) is 0 Å². The largest absolute Gasteiger partial charge is 0.383 e. The Labute approximate surface area is 111 Å². The summed E-state index contributed by atoms with van der Waals surface area (Å²) in [6.45, 7) is 1.14. The number of amidine groups is 1. The molecule has 0 radical (unpaired) electrons. The van der Waals surface area contributed by atoms with E-state index in [1.165, 1.54) is 0 Å². The molecule has 0 aliphatic rings. The molecule has 88 valence electrons. The van der Waals surface area contributed by atoms with Gasteiger partial charge < -0.3 is 10.2 Å². The third-order valence-corrected chi connectivity index (χ3v) is 2.75. The van der Waals surface area contributed by atoms with E-state index in [9.17, 15) is 0 Å². The molecule has 0 spiro atoms. The van der Waals surface area contributed by atoms with E-state index in [1.807, 2.05) is 18.2 Å². The molecule has 0 atom stereocenters. The van der Waals surface area contributed by atoms with Crippen LogP contribution in [-0.4, -0.2) is 26.1 Å². The van der Waals surface area contributed by atoms with Crippen LogP contribution in [0, 0.1) is 0 Å². The molecule has 0 aliphatic carbocycles. The summed E-state index contributed by atoms with van der Waals surface area (Å²) in [6.07, 6.45) is 0. The summed E-state index contributed by atoms with van der Waals surface area (Å²) in [5.41, 5.74) is 3.50. The molecule has 0 bridgehead atoms. The number of halogens is 2. The van der Waals surface area contributed by atoms with Gasteiger partial charge >= 0.3 is 0 Å². The van der Waals surface area contributed by atoms with Crippen LogP contribution in [0.2, 0.25) is 0 Å². The van der Waals surface area contributed by atoms with Crippen LogP contribution in [-0.2, 0) is 4.74 Å². The molecule has 0 aliphatic heterocycles. The average Bonchev–Trinajstić information content (AvgIpc) is 2.23. The molecule has 1 aromatic carbocycles. The topological polar surface area (TPSA) is 59.6 Å². The fourth-order valence-electron chi connectivity index (χ4n) is 1.16. The predicted molar refractivity (Wildman–Crippen MR) is 72.4 cm³/mol. The number of hydrazine groups is 1. The number of hydrogen-bond acceptors (Lipinski definition) is 3. The van der Waals surface area contributed by atoms with Gasteiger partial charge in [-0.05, 0) is 18.2 Å². The van der Waals surface area contributed by atoms with Gasteiger partial charge in [-0.1, -0.05) is 31.9 Å². The summed E-state index contributed by atoms with van der Waals surface area (Å²) in [4.78, 5) is 4.30. The maximum Gasteiger partial charge on any atom is 0.142 e. The Bertz CT molecular complexity index is 362. The minimum absolute atomic E-state index is 0.570. The third-order valence-electron chi connectivity index (χ3n) is 1.84. The van der Waals surface area contributed by atoms with Crippen LogP contribution in [0.3, 0.4) is 0 Å². The van der Waals surface area contributed by atoms with E-state index in [4.69, 9.17) is 10.6 Å².